The van der Waals surface area contributed by atoms with Gasteiger partial charge in [0.25, 0.3) is 5.91 Å². The molecule has 0 aromatic heterocycles. The number of amides is 1. The van der Waals surface area contributed by atoms with Gasteiger partial charge in [0.15, 0.2) is 23.0 Å². The van der Waals surface area contributed by atoms with Crippen molar-refractivity contribution in [1.82, 2.24) is 0 Å². The molecule has 0 aliphatic carbocycles. The molecule has 6 nitrogen and oxygen atoms in total. The summed E-state index contributed by atoms with van der Waals surface area (Å²) in [6.45, 7) is 0. The number of rotatable bonds is 5. The average molecular weight is 341 g/mol. The second kappa shape index (κ2) is 6.76. The van der Waals surface area contributed by atoms with Gasteiger partial charge < -0.3 is 24.3 Å². The minimum Gasteiger partial charge on any atom is -0.493 e. The zero-order valence-electron chi connectivity index (χ0n) is 14.5. The predicted molar refractivity (Wildman–Crippen MR) is 95.6 cm³/mol. The summed E-state index contributed by atoms with van der Waals surface area (Å²) in [5, 5.41) is 2.84. The van der Waals surface area contributed by atoms with Crippen LogP contribution in [0.2, 0.25) is 0 Å². The Morgan fingerprint density at radius 3 is 2.20 bits per heavy atom. The summed E-state index contributed by atoms with van der Waals surface area (Å²) in [6.07, 6.45) is 1.77. The Bertz CT molecular complexity index is 857. The van der Waals surface area contributed by atoms with Crippen molar-refractivity contribution in [1.29, 1.82) is 0 Å². The third-order valence-corrected chi connectivity index (χ3v) is 4.04. The normalized spacial score (nSPS) is 14.1. The molecule has 1 heterocycles. The number of carbonyl (C=O) groups excluding carboxylic acids is 1. The lowest BCUT2D eigenvalue weighted by molar-refractivity contribution is -0.110. The van der Waals surface area contributed by atoms with E-state index in [9.17, 15) is 4.79 Å². The van der Waals surface area contributed by atoms with Crippen LogP contribution in [0.5, 0.6) is 23.0 Å². The molecule has 1 N–H and O–H groups in total. The van der Waals surface area contributed by atoms with Gasteiger partial charge in [-0.05, 0) is 18.2 Å². The van der Waals surface area contributed by atoms with Gasteiger partial charge in [-0.2, -0.15) is 0 Å². The summed E-state index contributed by atoms with van der Waals surface area (Å²) < 4.78 is 21.4. The highest BCUT2D eigenvalue weighted by Crippen LogP contribution is 2.42. The fourth-order valence-electron chi connectivity index (χ4n) is 2.84. The molecule has 0 bridgehead atoms. The first-order chi connectivity index (χ1) is 12.1. The van der Waals surface area contributed by atoms with Gasteiger partial charge in [0, 0.05) is 22.8 Å². The number of anilines is 1. The van der Waals surface area contributed by atoms with Gasteiger partial charge in [-0.15, -0.1) is 0 Å². The summed E-state index contributed by atoms with van der Waals surface area (Å²) in [6, 6.07) is 9.04. The van der Waals surface area contributed by atoms with Gasteiger partial charge in [-0.1, -0.05) is 12.1 Å². The second-order valence-electron chi connectivity index (χ2n) is 5.35. The monoisotopic (exact) mass is 341 g/mol. The van der Waals surface area contributed by atoms with Crippen LogP contribution in [0, 0.1) is 0 Å². The van der Waals surface area contributed by atoms with Gasteiger partial charge >= 0.3 is 0 Å². The third kappa shape index (κ3) is 2.87. The Labute approximate surface area is 146 Å². The first-order valence-corrected chi connectivity index (χ1v) is 7.63. The molecule has 6 heteroatoms. The van der Waals surface area contributed by atoms with Crippen LogP contribution in [0.4, 0.5) is 5.69 Å². The molecule has 130 valence electrons. The van der Waals surface area contributed by atoms with Gasteiger partial charge in [0.1, 0.15) is 0 Å². The van der Waals surface area contributed by atoms with Crippen molar-refractivity contribution < 1.29 is 23.7 Å². The average Bonchev–Trinajstić information content (AvgIpc) is 2.94. The Morgan fingerprint density at radius 1 is 0.880 bits per heavy atom. The molecule has 1 aliphatic heterocycles. The maximum Gasteiger partial charge on any atom is 0.256 e. The topological polar surface area (TPSA) is 66.0 Å². The summed E-state index contributed by atoms with van der Waals surface area (Å²) in [4.78, 5) is 12.5. The molecule has 0 radical (unpaired) electrons. The van der Waals surface area contributed by atoms with Crippen LogP contribution in [0.25, 0.3) is 11.6 Å². The van der Waals surface area contributed by atoms with E-state index in [2.05, 4.69) is 5.32 Å². The lowest BCUT2D eigenvalue weighted by Gasteiger charge is -2.11. The summed E-state index contributed by atoms with van der Waals surface area (Å²) in [7, 11) is 6.25. The quantitative estimate of drug-likeness (QED) is 0.846. The molecular weight excluding hydrogens is 322 g/mol. The second-order valence-corrected chi connectivity index (χ2v) is 5.35. The number of carbonyl (C=O) groups is 1. The number of fused-ring (bicyclic) bond motifs is 1. The predicted octanol–water partition coefficient (Wildman–Crippen LogP) is 3.21. The van der Waals surface area contributed by atoms with Crippen molar-refractivity contribution >= 4 is 23.2 Å². The van der Waals surface area contributed by atoms with Crippen molar-refractivity contribution in [3.8, 4) is 23.0 Å². The highest BCUT2D eigenvalue weighted by atomic mass is 16.5. The smallest absolute Gasteiger partial charge is 0.256 e. The molecule has 0 saturated heterocycles. The van der Waals surface area contributed by atoms with E-state index < -0.39 is 0 Å². The number of nitrogens with one attached hydrogen (secondary N) is 1. The summed E-state index contributed by atoms with van der Waals surface area (Å²) >= 11 is 0. The maximum atomic E-state index is 12.5. The largest absolute Gasteiger partial charge is 0.493 e. The lowest BCUT2D eigenvalue weighted by Crippen LogP contribution is -2.03. The fraction of sp³-hybridized carbons (Fsp3) is 0.211. The number of methoxy groups -OCH3 is 4. The molecular formula is C19H19NO5. The van der Waals surface area contributed by atoms with Crippen LogP contribution in [0.3, 0.4) is 0 Å². The van der Waals surface area contributed by atoms with E-state index in [1.54, 1.807) is 52.7 Å². The minimum atomic E-state index is -0.199. The molecule has 0 unspecified atom stereocenters. The van der Waals surface area contributed by atoms with Crippen LogP contribution in [-0.4, -0.2) is 34.3 Å². The van der Waals surface area contributed by atoms with E-state index in [0.717, 1.165) is 11.1 Å². The lowest BCUT2D eigenvalue weighted by atomic mass is 10.0. The number of ether oxygens (including phenoxy) is 4. The van der Waals surface area contributed by atoms with Crippen molar-refractivity contribution in [2.75, 3.05) is 33.8 Å². The molecule has 0 atom stereocenters. The van der Waals surface area contributed by atoms with Gasteiger partial charge in [-0.25, -0.2) is 0 Å². The van der Waals surface area contributed by atoms with Gasteiger partial charge in [0.2, 0.25) is 0 Å². The Balaban J connectivity index is 2.15. The van der Waals surface area contributed by atoms with Crippen molar-refractivity contribution in [3.05, 3.63) is 41.5 Å². The molecule has 1 amide bonds. The minimum absolute atomic E-state index is 0.199. The van der Waals surface area contributed by atoms with Crippen molar-refractivity contribution in [3.63, 3.8) is 0 Å². The molecule has 0 spiro atoms. The van der Waals surface area contributed by atoms with Crippen LogP contribution in [0.15, 0.2) is 30.3 Å². The van der Waals surface area contributed by atoms with E-state index >= 15 is 0 Å². The van der Waals surface area contributed by atoms with Crippen molar-refractivity contribution in [2.24, 2.45) is 0 Å². The Hall–Kier alpha value is -3.15. The van der Waals surface area contributed by atoms with E-state index in [1.165, 1.54) is 0 Å². The number of benzene rings is 2. The number of hydrogen-bond donors (Lipinski definition) is 1. The molecule has 1 aliphatic rings. The molecule has 25 heavy (non-hydrogen) atoms. The van der Waals surface area contributed by atoms with Crippen LogP contribution in [0.1, 0.15) is 11.1 Å². The van der Waals surface area contributed by atoms with Gasteiger partial charge in [-0.3, -0.25) is 4.79 Å². The summed E-state index contributed by atoms with van der Waals surface area (Å²) in [5.74, 6) is 2.08. The van der Waals surface area contributed by atoms with Crippen LogP contribution >= 0.6 is 0 Å². The maximum absolute atomic E-state index is 12.5. The third-order valence-electron chi connectivity index (χ3n) is 4.04. The first-order valence-electron chi connectivity index (χ1n) is 7.63. The van der Waals surface area contributed by atoms with E-state index in [4.69, 9.17) is 18.9 Å². The molecule has 2 aromatic rings. The standard InChI is InChI=1S/C19H19NO5/c1-22-15-7-5-6-11(18(15)25-4)8-13-12-9-16(23-2)17(24-3)10-14(12)20-19(13)21/h5-10H,1-4H3,(H,20,21)/b13-8-. The molecule has 2 aromatic carbocycles. The van der Waals surface area contributed by atoms with Gasteiger partial charge in [0.05, 0.1) is 34.1 Å². The molecule has 0 fully saturated rings. The SMILES string of the molecule is COc1cc2c(cc1OC)/C(=C/c1cccc(OC)c1OC)C(=O)N2. The van der Waals surface area contributed by atoms with E-state index in [1.807, 2.05) is 12.1 Å². The highest BCUT2D eigenvalue weighted by Gasteiger charge is 2.27. The Morgan fingerprint density at radius 2 is 1.56 bits per heavy atom. The zero-order valence-corrected chi connectivity index (χ0v) is 14.5. The Kier molecular flexibility index (Phi) is 4.52. The fourth-order valence-corrected chi connectivity index (χ4v) is 2.84. The molecule has 0 saturated carbocycles. The summed E-state index contributed by atoms with van der Waals surface area (Å²) in [5.41, 5.74) is 2.68. The molecule has 3 rings (SSSR count). The van der Waals surface area contributed by atoms with E-state index in [0.29, 0.717) is 34.3 Å². The highest BCUT2D eigenvalue weighted by molar-refractivity contribution is 6.35. The zero-order chi connectivity index (χ0) is 18.0. The van der Waals surface area contributed by atoms with Crippen LogP contribution < -0.4 is 24.3 Å². The van der Waals surface area contributed by atoms with Crippen LogP contribution in [-0.2, 0) is 4.79 Å². The first kappa shape index (κ1) is 16.7. The number of hydrogen-bond acceptors (Lipinski definition) is 5. The van der Waals surface area contributed by atoms with E-state index in [-0.39, 0.29) is 5.91 Å². The number of para-hydroxylation sites is 1. The van der Waals surface area contributed by atoms with Crippen molar-refractivity contribution in [2.45, 2.75) is 0 Å².